The molecule has 0 amide bonds. The molecule has 23 heavy (non-hydrogen) atoms. The Kier molecular flexibility index (Phi) is 6.75. The second-order valence-corrected chi connectivity index (χ2v) is 7.38. The van der Waals surface area contributed by atoms with E-state index in [0.29, 0.717) is 28.3 Å². The first-order valence-corrected chi connectivity index (χ1v) is 8.01. The van der Waals surface area contributed by atoms with Gasteiger partial charge in [0, 0.05) is 10.2 Å². The molecule has 1 aromatic carbocycles. The van der Waals surface area contributed by atoms with Crippen LogP contribution in [0.3, 0.4) is 0 Å². The zero-order chi connectivity index (χ0) is 16.5. The highest BCUT2D eigenvalue weighted by atomic mass is 35.5. The van der Waals surface area contributed by atoms with E-state index in [-0.39, 0.29) is 19.0 Å². The Hall–Kier alpha value is -0.530. The number of alkyl halides is 3. The summed E-state index contributed by atoms with van der Waals surface area (Å²) in [6.07, 6.45) is -2.41. The first-order chi connectivity index (χ1) is 10.1. The lowest BCUT2D eigenvalue weighted by Crippen LogP contribution is -2.40. The van der Waals surface area contributed by atoms with Gasteiger partial charge < -0.3 is 10.8 Å². The number of nitrogens with two attached hydrogens (primary N) is 1. The van der Waals surface area contributed by atoms with E-state index in [1.165, 1.54) is 6.07 Å². The Balaban J connectivity index is 0.00000264. The summed E-state index contributed by atoms with van der Waals surface area (Å²) in [6.45, 7) is 1.65. The molecule has 1 atom stereocenters. The van der Waals surface area contributed by atoms with Crippen LogP contribution in [-0.2, 0) is 12.6 Å². The lowest BCUT2D eigenvalue weighted by Gasteiger charge is -2.21. The highest BCUT2D eigenvalue weighted by molar-refractivity contribution is 7.22. The van der Waals surface area contributed by atoms with Crippen LogP contribution in [0.25, 0.3) is 10.1 Å². The van der Waals surface area contributed by atoms with E-state index >= 15 is 0 Å². The molecule has 0 aliphatic heterocycles. The highest BCUT2D eigenvalue weighted by Gasteiger charge is 2.31. The van der Waals surface area contributed by atoms with Crippen molar-refractivity contribution in [3.05, 3.63) is 33.7 Å². The summed E-state index contributed by atoms with van der Waals surface area (Å²) in [6, 6.07) is 3.69. The number of hydrogen-bond acceptors (Lipinski definition) is 3. The summed E-state index contributed by atoms with van der Waals surface area (Å²) >= 11 is 7.33. The SMILES string of the molecule is C[C@@](N)(CO)CCCc1c(Cl)sc2cc(C(F)(F)F)ccc12.Cl. The number of hydrogen-bond donors (Lipinski definition) is 2. The van der Waals surface area contributed by atoms with Gasteiger partial charge >= 0.3 is 6.18 Å². The zero-order valence-electron chi connectivity index (χ0n) is 12.4. The predicted octanol–water partition coefficient (Wildman–Crippen LogP) is 5.03. The van der Waals surface area contributed by atoms with Crippen molar-refractivity contribution in [2.24, 2.45) is 5.73 Å². The van der Waals surface area contributed by atoms with Gasteiger partial charge in [-0.05, 0) is 49.3 Å². The fourth-order valence-electron chi connectivity index (χ4n) is 2.28. The summed E-state index contributed by atoms with van der Waals surface area (Å²) < 4.78 is 39.2. The van der Waals surface area contributed by atoms with Crippen molar-refractivity contribution in [2.75, 3.05) is 6.61 Å². The standard InChI is InChI=1S/C15H17ClF3NOS.ClH/c1-14(20,8-21)6-2-3-11-10-5-4-9(15(17,18)19)7-12(10)22-13(11)16;/h4-5,7,21H,2-3,6,8,20H2,1H3;1H/t14-;/m0./s1. The van der Waals surface area contributed by atoms with E-state index < -0.39 is 17.3 Å². The fourth-order valence-corrected chi connectivity index (χ4v) is 3.74. The van der Waals surface area contributed by atoms with Crippen LogP contribution in [0.5, 0.6) is 0 Å². The van der Waals surface area contributed by atoms with Crippen LogP contribution in [0.4, 0.5) is 13.2 Å². The van der Waals surface area contributed by atoms with Crippen molar-refractivity contribution in [2.45, 2.75) is 37.9 Å². The zero-order valence-corrected chi connectivity index (χ0v) is 14.8. The molecule has 0 spiro atoms. The van der Waals surface area contributed by atoms with Gasteiger partial charge in [-0.3, -0.25) is 0 Å². The Morgan fingerprint density at radius 3 is 2.52 bits per heavy atom. The van der Waals surface area contributed by atoms with E-state index in [4.69, 9.17) is 22.4 Å². The number of halogens is 5. The molecule has 2 aromatic rings. The first kappa shape index (κ1) is 20.5. The van der Waals surface area contributed by atoms with Crippen molar-refractivity contribution in [3.63, 3.8) is 0 Å². The molecular weight excluding hydrogens is 370 g/mol. The summed E-state index contributed by atoms with van der Waals surface area (Å²) in [5.74, 6) is 0. The molecule has 0 saturated carbocycles. The maximum atomic E-state index is 12.7. The second-order valence-electron chi connectivity index (χ2n) is 5.73. The quantitative estimate of drug-likeness (QED) is 0.755. The van der Waals surface area contributed by atoms with E-state index in [0.717, 1.165) is 34.4 Å². The normalized spacial score (nSPS) is 14.6. The Labute approximate surface area is 147 Å². The van der Waals surface area contributed by atoms with Gasteiger partial charge in [0.05, 0.1) is 16.5 Å². The van der Waals surface area contributed by atoms with Gasteiger partial charge in [0.1, 0.15) is 0 Å². The van der Waals surface area contributed by atoms with E-state index in [2.05, 4.69) is 0 Å². The van der Waals surface area contributed by atoms with Crippen molar-refractivity contribution >= 4 is 45.4 Å². The van der Waals surface area contributed by atoms with Crippen molar-refractivity contribution in [1.29, 1.82) is 0 Å². The van der Waals surface area contributed by atoms with E-state index in [1.54, 1.807) is 6.92 Å². The van der Waals surface area contributed by atoms with E-state index in [9.17, 15) is 13.2 Å². The second kappa shape index (κ2) is 7.57. The Morgan fingerprint density at radius 1 is 1.30 bits per heavy atom. The van der Waals surface area contributed by atoms with Crippen LogP contribution in [-0.4, -0.2) is 17.3 Å². The van der Waals surface area contributed by atoms with Gasteiger partial charge in [-0.1, -0.05) is 17.7 Å². The molecule has 130 valence electrons. The molecule has 1 heterocycles. The monoisotopic (exact) mass is 387 g/mol. The first-order valence-electron chi connectivity index (χ1n) is 6.82. The van der Waals surface area contributed by atoms with Crippen LogP contribution >= 0.6 is 35.3 Å². The number of thiophene rings is 1. The fraction of sp³-hybridized carbons (Fsp3) is 0.467. The summed E-state index contributed by atoms with van der Waals surface area (Å²) in [4.78, 5) is 0. The maximum absolute atomic E-state index is 12.7. The number of aryl methyl sites for hydroxylation is 1. The van der Waals surface area contributed by atoms with Gasteiger partial charge in [-0.2, -0.15) is 13.2 Å². The lowest BCUT2D eigenvalue weighted by molar-refractivity contribution is -0.137. The third-order valence-electron chi connectivity index (χ3n) is 3.61. The van der Waals surface area contributed by atoms with Crippen LogP contribution in [0.15, 0.2) is 18.2 Å². The molecular formula is C15H18Cl2F3NOS. The Bertz CT molecular complexity index is 671. The van der Waals surface area contributed by atoms with Crippen molar-refractivity contribution in [3.8, 4) is 0 Å². The molecule has 2 rings (SSSR count). The largest absolute Gasteiger partial charge is 0.416 e. The van der Waals surface area contributed by atoms with Gasteiger partial charge in [0.25, 0.3) is 0 Å². The average molecular weight is 388 g/mol. The third kappa shape index (κ3) is 4.97. The number of benzene rings is 1. The molecule has 0 aliphatic carbocycles. The minimum atomic E-state index is -4.35. The highest BCUT2D eigenvalue weighted by Crippen LogP contribution is 2.39. The van der Waals surface area contributed by atoms with Gasteiger partial charge in [-0.25, -0.2) is 0 Å². The van der Waals surface area contributed by atoms with Crippen molar-refractivity contribution in [1.82, 2.24) is 0 Å². The van der Waals surface area contributed by atoms with Crippen LogP contribution in [0.1, 0.15) is 30.9 Å². The van der Waals surface area contributed by atoms with Crippen LogP contribution in [0.2, 0.25) is 4.34 Å². The molecule has 0 unspecified atom stereocenters. The van der Waals surface area contributed by atoms with E-state index in [1.807, 2.05) is 0 Å². The molecule has 0 aliphatic rings. The molecule has 0 bridgehead atoms. The summed E-state index contributed by atoms with van der Waals surface area (Å²) in [7, 11) is 0. The summed E-state index contributed by atoms with van der Waals surface area (Å²) in [5, 5.41) is 9.88. The van der Waals surface area contributed by atoms with Gasteiger partial charge in [0.2, 0.25) is 0 Å². The Morgan fingerprint density at radius 2 is 1.96 bits per heavy atom. The molecule has 0 radical (unpaired) electrons. The molecule has 8 heteroatoms. The van der Waals surface area contributed by atoms with Crippen LogP contribution in [0, 0.1) is 0 Å². The molecule has 0 saturated heterocycles. The van der Waals surface area contributed by atoms with Gasteiger partial charge in [0.15, 0.2) is 0 Å². The average Bonchev–Trinajstić information content (AvgIpc) is 2.73. The number of fused-ring (bicyclic) bond motifs is 1. The minimum Gasteiger partial charge on any atom is -0.394 e. The van der Waals surface area contributed by atoms with Crippen molar-refractivity contribution < 1.29 is 18.3 Å². The number of rotatable bonds is 5. The van der Waals surface area contributed by atoms with Crippen LogP contribution < -0.4 is 5.73 Å². The minimum absolute atomic E-state index is 0. The molecule has 3 N–H and O–H groups in total. The smallest absolute Gasteiger partial charge is 0.394 e. The molecule has 0 fully saturated rings. The third-order valence-corrected chi connectivity index (χ3v) is 5.05. The maximum Gasteiger partial charge on any atom is 0.416 e. The predicted molar refractivity (Wildman–Crippen MR) is 91.7 cm³/mol. The number of aliphatic hydroxyl groups excluding tert-OH is 1. The molecule has 2 nitrogen and oxygen atoms in total. The number of aliphatic hydroxyl groups is 1. The summed E-state index contributed by atoms with van der Waals surface area (Å²) in [5.41, 5.74) is 5.40. The van der Waals surface area contributed by atoms with Gasteiger partial charge in [-0.15, -0.1) is 23.7 Å². The topological polar surface area (TPSA) is 46.2 Å². The lowest BCUT2D eigenvalue weighted by atomic mass is 9.95. The molecule has 1 aromatic heterocycles.